The Kier molecular flexibility index (Phi) is 4.28. The van der Waals surface area contributed by atoms with Gasteiger partial charge in [0.15, 0.2) is 0 Å². The van der Waals surface area contributed by atoms with Crippen LogP contribution in [0.4, 0.5) is 13.2 Å². The normalized spacial score (nSPS) is 27.8. The third kappa shape index (κ3) is 3.08. The van der Waals surface area contributed by atoms with E-state index in [-0.39, 0.29) is 24.3 Å². The van der Waals surface area contributed by atoms with Crippen LogP contribution in [-0.4, -0.2) is 12.3 Å². The molecule has 0 spiro atoms. The Morgan fingerprint density at radius 1 is 1.30 bits per heavy atom. The van der Waals surface area contributed by atoms with Gasteiger partial charge in [-0.15, -0.1) is 0 Å². The zero-order valence-corrected chi connectivity index (χ0v) is 12.1. The predicted molar refractivity (Wildman–Crippen MR) is 68.6 cm³/mol. The molecule has 2 rings (SSSR count). The molecule has 0 aliphatic carbocycles. The lowest BCUT2D eigenvalue weighted by Gasteiger charge is -2.33. The summed E-state index contributed by atoms with van der Waals surface area (Å²) in [5, 5.41) is 0. The van der Waals surface area contributed by atoms with Gasteiger partial charge in [-0.1, -0.05) is 32.0 Å². The monoisotopic (exact) mass is 308 g/mol. The van der Waals surface area contributed by atoms with Crippen molar-refractivity contribution in [1.82, 2.24) is 0 Å². The second kappa shape index (κ2) is 5.51. The summed E-state index contributed by atoms with van der Waals surface area (Å²) in [6.45, 7) is 3.46. The molecule has 0 aromatic heterocycles. The standard InChI is InChI=1S/C13H16F3O3P/c1-9(2)20(17)18-8-7-12(19-20)10-5-3-4-6-11(10)13(14,15)16/h3-6,9,12H,7-8H2,1-2H3. The summed E-state index contributed by atoms with van der Waals surface area (Å²) in [4.78, 5) is 0. The quantitative estimate of drug-likeness (QED) is 0.737. The molecule has 1 aromatic carbocycles. The number of benzene rings is 1. The van der Waals surface area contributed by atoms with Crippen LogP contribution in [0.15, 0.2) is 24.3 Å². The van der Waals surface area contributed by atoms with Crippen molar-refractivity contribution in [2.45, 2.75) is 38.2 Å². The fraction of sp³-hybridized carbons (Fsp3) is 0.538. The molecule has 7 heteroatoms. The van der Waals surface area contributed by atoms with Gasteiger partial charge in [0, 0.05) is 6.42 Å². The Hall–Kier alpha value is -0.840. The zero-order valence-electron chi connectivity index (χ0n) is 11.2. The molecule has 3 nitrogen and oxygen atoms in total. The van der Waals surface area contributed by atoms with Gasteiger partial charge in [0.05, 0.1) is 23.9 Å². The summed E-state index contributed by atoms with van der Waals surface area (Å²) >= 11 is 0. The first-order chi connectivity index (χ1) is 9.24. The van der Waals surface area contributed by atoms with E-state index in [1.807, 2.05) is 0 Å². The van der Waals surface area contributed by atoms with Crippen molar-refractivity contribution in [3.63, 3.8) is 0 Å². The van der Waals surface area contributed by atoms with E-state index in [4.69, 9.17) is 9.05 Å². The van der Waals surface area contributed by atoms with Crippen LogP contribution in [0.2, 0.25) is 0 Å². The zero-order chi connectivity index (χ0) is 15.0. The minimum Gasteiger partial charge on any atom is -0.308 e. The Bertz CT molecular complexity index is 528. The van der Waals surface area contributed by atoms with Crippen LogP contribution in [0.25, 0.3) is 0 Å². The number of hydrogen-bond donors (Lipinski definition) is 0. The second-order valence-electron chi connectivity index (χ2n) is 4.93. The molecule has 0 amide bonds. The lowest BCUT2D eigenvalue weighted by Crippen LogP contribution is -2.21. The summed E-state index contributed by atoms with van der Waals surface area (Å²) < 4.78 is 61.9. The summed E-state index contributed by atoms with van der Waals surface area (Å²) in [5.41, 5.74) is -1.12. The van der Waals surface area contributed by atoms with Crippen LogP contribution in [0.1, 0.15) is 37.5 Å². The molecule has 2 atom stereocenters. The lowest BCUT2D eigenvalue weighted by atomic mass is 10.00. The van der Waals surface area contributed by atoms with Crippen molar-refractivity contribution in [3.8, 4) is 0 Å². The first-order valence-corrected chi connectivity index (χ1v) is 7.94. The molecule has 0 bridgehead atoms. The third-order valence-electron chi connectivity index (χ3n) is 3.17. The molecule has 1 aromatic rings. The van der Waals surface area contributed by atoms with E-state index in [0.29, 0.717) is 0 Å². The largest absolute Gasteiger partial charge is 0.416 e. The average molecular weight is 308 g/mol. The van der Waals surface area contributed by atoms with E-state index in [9.17, 15) is 17.7 Å². The summed E-state index contributed by atoms with van der Waals surface area (Å²) in [5.74, 6) is 0. The molecular weight excluding hydrogens is 292 g/mol. The lowest BCUT2D eigenvalue weighted by molar-refractivity contribution is -0.139. The Morgan fingerprint density at radius 2 is 1.95 bits per heavy atom. The molecule has 20 heavy (non-hydrogen) atoms. The van der Waals surface area contributed by atoms with Gasteiger partial charge in [-0.25, -0.2) is 0 Å². The van der Waals surface area contributed by atoms with Crippen molar-refractivity contribution in [2.24, 2.45) is 0 Å². The number of halogens is 3. The highest BCUT2D eigenvalue weighted by Crippen LogP contribution is 2.59. The van der Waals surface area contributed by atoms with E-state index < -0.39 is 25.4 Å². The molecule has 1 heterocycles. The fourth-order valence-electron chi connectivity index (χ4n) is 2.07. The Balaban J connectivity index is 2.35. The van der Waals surface area contributed by atoms with Gasteiger partial charge in [-0.2, -0.15) is 13.2 Å². The van der Waals surface area contributed by atoms with Gasteiger partial charge in [0.25, 0.3) is 0 Å². The van der Waals surface area contributed by atoms with Crippen molar-refractivity contribution >= 4 is 7.60 Å². The van der Waals surface area contributed by atoms with Gasteiger partial charge in [0.1, 0.15) is 0 Å². The molecular formula is C13H16F3O3P. The molecule has 0 saturated carbocycles. The summed E-state index contributed by atoms with van der Waals surface area (Å²) in [6.07, 6.45) is -5.06. The Morgan fingerprint density at radius 3 is 2.55 bits per heavy atom. The average Bonchev–Trinajstić information content (AvgIpc) is 2.37. The first kappa shape index (κ1) is 15.5. The molecule has 1 aliphatic rings. The van der Waals surface area contributed by atoms with E-state index in [1.165, 1.54) is 18.2 Å². The predicted octanol–water partition coefficient (Wildman–Crippen LogP) is 4.78. The van der Waals surface area contributed by atoms with Crippen LogP contribution >= 0.6 is 7.60 Å². The van der Waals surface area contributed by atoms with Crippen molar-refractivity contribution in [3.05, 3.63) is 35.4 Å². The number of hydrogen-bond acceptors (Lipinski definition) is 3. The van der Waals surface area contributed by atoms with E-state index in [0.717, 1.165) is 6.07 Å². The highest BCUT2D eigenvalue weighted by molar-refractivity contribution is 7.54. The number of alkyl halides is 3. The highest BCUT2D eigenvalue weighted by atomic mass is 31.2. The highest BCUT2D eigenvalue weighted by Gasteiger charge is 2.41. The van der Waals surface area contributed by atoms with Gasteiger partial charge in [0.2, 0.25) is 0 Å². The maximum absolute atomic E-state index is 13.0. The molecule has 1 fully saturated rings. The molecule has 0 radical (unpaired) electrons. The van der Waals surface area contributed by atoms with Gasteiger partial charge in [-0.05, 0) is 11.6 Å². The minimum absolute atomic E-state index is 0.0178. The van der Waals surface area contributed by atoms with E-state index in [2.05, 4.69) is 0 Å². The van der Waals surface area contributed by atoms with Crippen LogP contribution in [0, 0.1) is 0 Å². The van der Waals surface area contributed by atoms with Crippen molar-refractivity contribution < 1.29 is 26.8 Å². The van der Waals surface area contributed by atoms with Gasteiger partial charge < -0.3 is 9.05 Å². The summed E-state index contributed by atoms with van der Waals surface area (Å²) in [7, 11) is -3.35. The Labute approximate surface area is 115 Å². The van der Waals surface area contributed by atoms with Gasteiger partial charge in [-0.3, -0.25) is 4.57 Å². The van der Waals surface area contributed by atoms with E-state index >= 15 is 0 Å². The minimum atomic E-state index is -4.46. The molecule has 0 N–H and O–H groups in total. The summed E-state index contributed by atoms with van der Waals surface area (Å²) in [6, 6.07) is 5.22. The SMILES string of the molecule is CC(C)P1(=O)OCCC(c2ccccc2C(F)(F)F)O1. The first-order valence-electron chi connectivity index (χ1n) is 6.33. The van der Waals surface area contributed by atoms with Crippen LogP contribution < -0.4 is 0 Å². The second-order valence-corrected chi connectivity index (χ2v) is 7.52. The molecule has 1 aliphatic heterocycles. The van der Waals surface area contributed by atoms with Crippen LogP contribution in [0.3, 0.4) is 0 Å². The maximum atomic E-state index is 13.0. The molecule has 112 valence electrons. The smallest absolute Gasteiger partial charge is 0.308 e. The van der Waals surface area contributed by atoms with Crippen LogP contribution in [0.5, 0.6) is 0 Å². The number of rotatable bonds is 2. The maximum Gasteiger partial charge on any atom is 0.416 e. The fourth-order valence-corrected chi connectivity index (χ4v) is 3.60. The van der Waals surface area contributed by atoms with Gasteiger partial charge >= 0.3 is 13.8 Å². The van der Waals surface area contributed by atoms with Crippen molar-refractivity contribution in [2.75, 3.05) is 6.61 Å². The third-order valence-corrected chi connectivity index (χ3v) is 5.53. The van der Waals surface area contributed by atoms with Crippen molar-refractivity contribution in [1.29, 1.82) is 0 Å². The van der Waals surface area contributed by atoms with E-state index in [1.54, 1.807) is 13.8 Å². The van der Waals surface area contributed by atoms with Crippen LogP contribution in [-0.2, 0) is 19.8 Å². The molecule has 1 saturated heterocycles. The molecule has 2 unspecified atom stereocenters. The topological polar surface area (TPSA) is 35.5 Å².